The summed E-state index contributed by atoms with van der Waals surface area (Å²) in [7, 11) is 0. The Morgan fingerprint density at radius 2 is 1.43 bits per heavy atom. The first kappa shape index (κ1) is 18.5. The molecule has 28 heavy (non-hydrogen) atoms. The molecule has 2 aliphatic carbocycles. The van der Waals surface area contributed by atoms with Gasteiger partial charge in [-0.2, -0.15) is 0 Å². The van der Waals surface area contributed by atoms with Crippen molar-refractivity contribution < 1.29 is 14.7 Å². The van der Waals surface area contributed by atoms with E-state index in [-0.39, 0.29) is 23.7 Å². The maximum atomic E-state index is 12.8. The van der Waals surface area contributed by atoms with Crippen LogP contribution in [0.4, 0.5) is 0 Å². The summed E-state index contributed by atoms with van der Waals surface area (Å²) in [4.78, 5) is 24.4. The molecule has 1 saturated carbocycles. The molecule has 4 nitrogen and oxygen atoms in total. The molecule has 144 valence electrons. The van der Waals surface area contributed by atoms with Crippen LogP contribution >= 0.6 is 0 Å². The second-order valence-electron chi connectivity index (χ2n) is 7.79. The van der Waals surface area contributed by atoms with Crippen LogP contribution in [-0.2, 0) is 9.59 Å². The van der Waals surface area contributed by atoms with Crippen LogP contribution in [0.3, 0.4) is 0 Å². The molecule has 4 atom stereocenters. The molecule has 0 radical (unpaired) electrons. The lowest BCUT2D eigenvalue weighted by atomic mass is 9.82. The zero-order chi connectivity index (χ0) is 19.5. The van der Waals surface area contributed by atoms with Crippen molar-refractivity contribution in [2.45, 2.75) is 18.8 Å². The third-order valence-corrected chi connectivity index (χ3v) is 6.18. The maximum absolute atomic E-state index is 12.8. The van der Waals surface area contributed by atoms with Gasteiger partial charge in [0.1, 0.15) is 0 Å². The Hall–Kier alpha value is -2.88. The molecular formula is C24H25NO3. The molecule has 2 bridgehead atoms. The number of fused-ring (bicyclic) bond motifs is 2. The van der Waals surface area contributed by atoms with Crippen LogP contribution in [0.1, 0.15) is 29.9 Å². The summed E-state index contributed by atoms with van der Waals surface area (Å²) in [6.07, 6.45) is 5.54. The van der Waals surface area contributed by atoms with Gasteiger partial charge in [-0.15, -0.1) is 0 Å². The lowest BCUT2D eigenvalue weighted by molar-refractivity contribution is -0.147. The van der Waals surface area contributed by atoms with E-state index < -0.39 is 17.8 Å². The molecule has 0 spiro atoms. The normalized spacial score (nSPS) is 25.2. The highest BCUT2D eigenvalue weighted by molar-refractivity contribution is 5.86. The standard InChI is InChI=1S/C24H25NO3/c26-23(21-18-11-12-19(15-18)22(21)24(27)28)25-14-13-20(16-7-3-1-4-8-16)17-9-5-2-6-10-17/h1-12,18-22H,13-15H2,(H,25,26)(H,27,28)/t18-,19-,21+,22-/m0/s1. The first-order valence-corrected chi connectivity index (χ1v) is 9.94. The lowest BCUT2D eigenvalue weighted by Gasteiger charge is -2.24. The Bertz CT molecular complexity index is 822. The molecule has 1 fully saturated rings. The Morgan fingerprint density at radius 3 is 1.96 bits per heavy atom. The summed E-state index contributed by atoms with van der Waals surface area (Å²) >= 11 is 0. The molecule has 2 aromatic carbocycles. The van der Waals surface area contributed by atoms with E-state index >= 15 is 0 Å². The van der Waals surface area contributed by atoms with Crippen molar-refractivity contribution in [3.63, 3.8) is 0 Å². The van der Waals surface area contributed by atoms with Crippen molar-refractivity contribution >= 4 is 11.9 Å². The van der Waals surface area contributed by atoms with Crippen LogP contribution in [0.5, 0.6) is 0 Å². The van der Waals surface area contributed by atoms with Gasteiger partial charge in [-0.1, -0.05) is 72.8 Å². The molecule has 0 heterocycles. The van der Waals surface area contributed by atoms with Crippen molar-refractivity contribution in [3.05, 3.63) is 83.9 Å². The average molecular weight is 375 g/mol. The summed E-state index contributed by atoms with van der Waals surface area (Å²) in [5.74, 6) is -1.76. The van der Waals surface area contributed by atoms with Gasteiger partial charge in [-0.3, -0.25) is 9.59 Å². The summed E-state index contributed by atoms with van der Waals surface area (Å²) in [5.41, 5.74) is 2.43. The van der Waals surface area contributed by atoms with Gasteiger partial charge in [0.15, 0.2) is 0 Å². The van der Waals surface area contributed by atoms with Crippen molar-refractivity contribution in [3.8, 4) is 0 Å². The third-order valence-electron chi connectivity index (χ3n) is 6.18. The second kappa shape index (κ2) is 8.01. The van der Waals surface area contributed by atoms with Crippen LogP contribution in [-0.4, -0.2) is 23.5 Å². The summed E-state index contributed by atoms with van der Waals surface area (Å²) in [6.45, 7) is 0.525. The quantitative estimate of drug-likeness (QED) is 0.723. The van der Waals surface area contributed by atoms with E-state index in [4.69, 9.17) is 0 Å². The largest absolute Gasteiger partial charge is 0.481 e. The van der Waals surface area contributed by atoms with Gasteiger partial charge >= 0.3 is 5.97 Å². The molecule has 2 N–H and O–H groups in total. The molecule has 2 aromatic rings. The number of allylic oxidation sites excluding steroid dienone is 2. The van der Waals surface area contributed by atoms with E-state index in [1.165, 1.54) is 11.1 Å². The Kier molecular flexibility index (Phi) is 5.29. The van der Waals surface area contributed by atoms with E-state index in [1.807, 2.05) is 48.6 Å². The molecule has 0 unspecified atom stereocenters. The number of hydrogen-bond acceptors (Lipinski definition) is 2. The molecule has 0 saturated heterocycles. The molecule has 4 rings (SSSR count). The van der Waals surface area contributed by atoms with Crippen molar-refractivity contribution in [1.82, 2.24) is 5.32 Å². The first-order chi connectivity index (χ1) is 13.6. The van der Waals surface area contributed by atoms with Crippen molar-refractivity contribution in [2.24, 2.45) is 23.7 Å². The fraction of sp³-hybridized carbons (Fsp3) is 0.333. The number of carbonyl (C=O) groups is 2. The van der Waals surface area contributed by atoms with E-state index in [0.29, 0.717) is 6.54 Å². The topological polar surface area (TPSA) is 66.4 Å². The number of benzene rings is 2. The first-order valence-electron chi connectivity index (χ1n) is 9.94. The van der Waals surface area contributed by atoms with Gasteiger partial charge in [0, 0.05) is 12.5 Å². The summed E-state index contributed by atoms with van der Waals surface area (Å²) in [5, 5.41) is 12.6. The highest BCUT2D eigenvalue weighted by atomic mass is 16.4. The summed E-state index contributed by atoms with van der Waals surface area (Å²) < 4.78 is 0. The fourth-order valence-electron chi connectivity index (χ4n) is 4.87. The number of hydrogen-bond donors (Lipinski definition) is 2. The molecule has 1 amide bonds. The van der Waals surface area contributed by atoms with Gasteiger partial charge in [0.25, 0.3) is 0 Å². The molecule has 2 aliphatic rings. The van der Waals surface area contributed by atoms with Crippen LogP contribution in [0.15, 0.2) is 72.8 Å². The highest BCUT2D eigenvalue weighted by Crippen LogP contribution is 2.48. The minimum atomic E-state index is -0.858. The molecule has 0 aromatic heterocycles. The number of aliphatic carboxylic acids is 1. The van der Waals surface area contributed by atoms with E-state index in [0.717, 1.165) is 12.8 Å². The van der Waals surface area contributed by atoms with Crippen LogP contribution in [0, 0.1) is 23.7 Å². The molecular weight excluding hydrogens is 350 g/mol. The smallest absolute Gasteiger partial charge is 0.307 e. The SMILES string of the molecule is O=C(O)[C@@H]1[C@H](C(=O)NCCC(c2ccccc2)c2ccccc2)[C@H]2C=C[C@H]1C2. The van der Waals surface area contributed by atoms with Crippen molar-refractivity contribution in [2.75, 3.05) is 6.54 Å². The minimum absolute atomic E-state index is 0.000337. The number of nitrogens with one attached hydrogen (secondary N) is 1. The van der Waals surface area contributed by atoms with Crippen LogP contribution in [0.2, 0.25) is 0 Å². The monoisotopic (exact) mass is 375 g/mol. The average Bonchev–Trinajstić information content (AvgIpc) is 3.34. The fourth-order valence-corrected chi connectivity index (χ4v) is 4.87. The van der Waals surface area contributed by atoms with E-state index in [2.05, 4.69) is 29.6 Å². The number of carboxylic acid groups (broad SMARTS) is 1. The Morgan fingerprint density at radius 1 is 0.893 bits per heavy atom. The van der Waals surface area contributed by atoms with E-state index in [1.54, 1.807) is 0 Å². The number of carboxylic acids is 1. The van der Waals surface area contributed by atoms with E-state index in [9.17, 15) is 14.7 Å². The third kappa shape index (κ3) is 3.59. The Balaban J connectivity index is 1.43. The minimum Gasteiger partial charge on any atom is -0.481 e. The van der Waals surface area contributed by atoms with Gasteiger partial charge in [0.2, 0.25) is 5.91 Å². The molecule has 0 aliphatic heterocycles. The molecule has 4 heteroatoms. The Labute approximate surface area is 165 Å². The number of carbonyl (C=O) groups excluding carboxylic acids is 1. The van der Waals surface area contributed by atoms with Crippen LogP contribution in [0.25, 0.3) is 0 Å². The predicted molar refractivity (Wildman–Crippen MR) is 108 cm³/mol. The van der Waals surface area contributed by atoms with Crippen LogP contribution < -0.4 is 5.32 Å². The predicted octanol–water partition coefficient (Wildman–Crippen LogP) is 3.85. The maximum Gasteiger partial charge on any atom is 0.307 e. The highest BCUT2D eigenvalue weighted by Gasteiger charge is 2.51. The van der Waals surface area contributed by atoms with Gasteiger partial charge in [0.05, 0.1) is 11.8 Å². The number of amides is 1. The number of rotatable bonds is 7. The van der Waals surface area contributed by atoms with Gasteiger partial charge in [-0.25, -0.2) is 0 Å². The lowest BCUT2D eigenvalue weighted by Crippen LogP contribution is -2.40. The van der Waals surface area contributed by atoms with Gasteiger partial charge in [-0.05, 0) is 35.8 Å². The van der Waals surface area contributed by atoms with Gasteiger partial charge < -0.3 is 10.4 Å². The zero-order valence-electron chi connectivity index (χ0n) is 15.7. The zero-order valence-corrected chi connectivity index (χ0v) is 15.7. The second-order valence-corrected chi connectivity index (χ2v) is 7.79. The van der Waals surface area contributed by atoms with Crippen molar-refractivity contribution in [1.29, 1.82) is 0 Å². The summed E-state index contributed by atoms with van der Waals surface area (Å²) in [6, 6.07) is 20.6.